The molecule has 0 unspecified atom stereocenters. The Balaban J connectivity index is 2.12. The first kappa shape index (κ1) is 15.8. The maximum atomic E-state index is 12.1. The lowest BCUT2D eigenvalue weighted by atomic mass is 10.1. The summed E-state index contributed by atoms with van der Waals surface area (Å²) in [5.41, 5.74) is 1.55. The second kappa shape index (κ2) is 7.45. The van der Waals surface area contributed by atoms with Crippen molar-refractivity contribution in [3.05, 3.63) is 16.0 Å². The summed E-state index contributed by atoms with van der Waals surface area (Å²) in [6.45, 7) is 4.52. The van der Waals surface area contributed by atoms with Gasteiger partial charge in [0.2, 0.25) is 0 Å². The van der Waals surface area contributed by atoms with E-state index in [2.05, 4.69) is 5.32 Å². The zero-order chi connectivity index (χ0) is 15.2. The summed E-state index contributed by atoms with van der Waals surface area (Å²) >= 11 is 1.46. The maximum Gasteiger partial charge on any atom is 0.412 e. The molecule has 0 spiro atoms. The Kier molecular flexibility index (Phi) is 5.61. The molecule has 0 atom stereocenters. The van der Waals surface area contributed by atoms with Gasteiger partial charge in [-0.25, -0.2) is 9.59 Å². The molecule has 0 fully saturated rings. The summed E-state index contributed by atoms with van der Waals surface area (Å²) in [5.74, 6) is -0.360. The molecular formula is C15H21NO4S. The van der Waals surface area contributed by atoms with Gasteiger partial charge in [0.05, 0.1) is 18.8 Å². The summed E-state index contributed by atoms with van der Waals surface area (Å²) in [4.78, 5) is 25.1. The highest BCUT2D eigenvalue weighted by molar-refractivity contribution is 7.17. The molecular weight excluding hydrogens is 290 g/mol. The van der Waals surface area contributed by atoms with E-state index in [1.807, 2.05) is 6.92 Å². The Hall–Kier alpha value is -1.56. The summed E-state index contributed by atoms with van der Waals surface area (Å²) < 4.78 is 10.2. The van der Waals surface area contributed by atoms with E-state index in [1.54, 1.807) is 6.92 Å². The van der Waals surface area contributed by atoms with Crippen molar-refractivity contribution in [2.45, 2.75) is 46.0 Å². The first-order valence-corrected chi connectivity index (χ1v) is 8.24. The topological polar surface area (TPSA) is 64.6 Å². The number of fused-ring (bicyclic) bond motifs is 1. The molecule has 1 aromatic heterocycles. The largest absolute Gasteiger partial charge is 0.462 e. The average molecular weight is 311 g/mol. The number of amides is 1. The molecule has 0 saturated heterocycles. The molecule has 6 heteroatoms. The molecule has 0 aromatic carbocycles. The number of hydrogen-bond acceptors (Lipinski definition) is 5. The first-order chi connectivity index (χ1) is 10.2. The third-order valence-corrected chi connectivity index (χ3v) is 4.55. The van der Waals surface area contributed by atoms with Gasteiger partial charge in [0.1, 0.15) is 5.00 Å². The van der Waals surface area contributed by atoms with Crippen LogP contribution < -0.4 is 5.32 Å². The van der Waals surface area contributed by atoms with Crippen molar-refractivity contribution in [3.63, 3.8) is 0 Å². The predicted octanol–water partition coefficient (Wildman–Crippen LogP) is 3.76. The fourth-order valence-corrected chi connectivity index (χ4v) is 3.61. The van der Waals surface area contributed by atoms with Gasteiger partial charge in [-0.3, -0.25) is 5.32 Å². The lowest BCUT2D eigenvalue weighted by Crippen LogP contribution is -2.16. The monoisotopic (exact) mass is 311 g/mol. The first-order valence-electron chi connectivity index (χ1n) is 7.42. The van der Waals surface area contributed by atoms with Crippen LogP contribution in [-0.2, 0) is 22.3 Å². The van der Waals surface area contributed by atoms with Crippen molar-refractivity contribution >= 4 is 28.4 Å². The van der Waals surface area contributed by atoms with Gasteiger partial charge in [-0.05, 0) is 38.2 Å². The molecule has 1 aliphatic rings. The molecule has 21 heavy (non-hydrogen) atoms. The van der Waals surface area contributed by atoms with E-state index in [0.29, 0.717) is 23.8 Å². The van der Waals surface area contributed by atoms with Crippen molar-refractivity contribution in [3.8, 4) is 0 Å². The number of hydrogen-bond donors (Lipinski definition) is 1. The number of aryl methyl sites for hydroxylation is 1. The fourth-order valence-electron chi connectivity index (χ4n) is 2.35. The van der Waals surface area contributed by atoms with E-state index >= 15 is 0 Å². The molecule has 1 amide bonds. The Morgan fingerprint density at radius 1 is 1.24 bits per heavy atom. The SMILES string of the molecule is CCCCOC(=O)Nc1sc2c(c1C(=O)OCC)CCC2. The van der Waals surface area contributed by atoms with Crippen LogP contribution in [0.5, 0.6) is 0 Å². The number of esters is 1. The van der Waals surface area contributed by atoms with Crippen LogP contribution in [0.25, 0.3) is 0 Å². The average Bonchev–Trinajstić information content (AvgIpc) is 2.99. The molecule has 1 heterocycles. The van der Waals surface area contributed by atoms with E-state index in [-0.39, 0.29) is 5.97 Å². The molecule has 1 aromatic rings. The highest BCUT2D eigenvalue weighted by atomic mass is 32.1. The number of rotatable bonds is 6. The molecule has 5 nitrogen and oxygen atoms in total. The number of anilines is 1. The van der Waals surface area contributed by atoms with Crippen molar-refractivity contribution in [1.82, 2.24) is 0 Å². The second-order valence-corrected chi connectivity index (χ2v) is 6.00. The van der Waals surface area contributed by atoms with Crippen LogP contribution >= 0.6 is 11.3 Å². The third-order valence-electron chi connectivity index (χ3n) is 3.35. The van der Waals surface area contributed by atoms with Crippen LogP contribution in [-0.4, -0.2) is 25.3 Å². The minimum atomic E-state index is -0.506. The number of ether oxygens (including phenoxy) is 2. The number of carbonyl (C=O) groups is 2. The highest BCUT2D eigenvalue weighted by Gasteiger charge is 2.28. The van der Waals surface area contributed by atoms with E-state index in [4.69, 9.17) is 9.47 Å². The summed E-state index contributed by atoms with van der Waals surface area (Å²) in [5, 5.41) is 3.25. The second-order valence-electron chi connectivity index (χ2n) is 4.90. The van der Waals surface area contributed by atoms with Gasteiger partial charge >= 0.3 is 12.1 Å². The number of carbonyl (C=O) groups excluding carboxylic acids is 2. The lowest BCUT2D eigenvalue weighted by Gasteiger charge is -2.08. The van der Waals surface area contributed by atoms with Crippen molar-refractivity contribution in [2.24, 2.45) is 0 Å². The quantitative estimate of drug-likeness (QED) is 0.641. The normalized spacial score (nSPS) is 12.9. The van der Waals surface area contributed by atoms with Crippen LogP contribution in [0.3, 0.4) is 0 Å². The van der Waals surface area contributed by atoms with E-state index < -0.39 is 6.09 Å². The third kappa shape index (κ3) is 3.75. The molecule has 0 radical (unpaired) electrons. The molecule has 0 aliphatic heterocycles. The van der Waals surface area contributed by atoms with Crippen LogP contribution in [0.1, 0.15) is 53.9 Å². The molecule has 1 aliphatic carbocycles. The number of unbranched alkanes of at least 4 members (excludes halogenated alkanes) is 1. The zero-order valence-corrected chi connectivity index (χ0v) is 13.3. The van der Waals surface area contributed by atoms with Crippen LogP contribution in [0.4, 0.5) is 9.80 Å². The number of nitrogens with one attached hydrogen (secondary N) is 1. The van der Waals surface area contributed by atoms with E-state index in [1.165, 1.54) is 16.2 Å². The van der Waals surface area contributed by atoms with Gasteiger partial charge in [-0.2, -0.15) is 0 Å². The van der Waals surface area contributed by atoms with E-state index in [0.717, 1.165) is 37.7 Å². The van der Waals surface area contributed by atoms with Crippen LogP contribution in [0, 0.1) is 0 Å². The Bertz CT molecular complexity index is 524. The fraction of sp³-hybridized carbons (Fsp3) is 0.600. The Morgan fingerprint density at radius 2 is 2.05 bits per heavy atom. The summed E-state index contributed by atoms with van der Waals surface area (Å²) in [6.07, 6.45) is 4.17. The molecule has 2 rings (SSSR count). The van der Waals surface area contributed by atoms with Crippen molar-refractivity contribution in [2.75, 3.05) is 18.5 Å². The smallest absolute Gasteiger partial charge is 0.412 e. The van der Waals surface area contributed by atoms with Gasteiger partial charge in [0.15, 0.2) is 0 Å². The Morgan fingerprint density at radius 3 is 2.76 bits per heavy atom. The molecule has 116 valence electrons. The van der Waals surface area contributed by atoms with Crippen LogP contribution in [0.2, 0.25) is 0 Å². The lowest BCUT2D eigenvalue weighted by molar-refractivity contribution is 0.0527. The molecule has 1 N–H and O–H groups in total. The van der Waals surface area contributed by atoms with Gasteiger partial charge in [-0.15, -0.1) is 11.3 Å². The van der Waals surface area contributed by atoms with Crippen LogP contribution in [0.15, 0.2) is 0 Å². The highest BCUT2D eigenvalue weighted by Crippen LogP contribution is 2.39. The van der Waals surface area contributed by atoms with Gasteiger partial charge < -0.3 is 9.47 Å². The van der Waals surface area contributed by atoms with Crippen molar-refractivity contribution in [1.29, 1.82) is 0 Å². The maximum absolute atomic E-state index is 12.1. The summed E-state index contributed by atoms with van der Waals surface area (Å²) in [6, 6.07) is 0. The predicted molar refractivity (Wildman–Crippen MR) is 82.2 cm³/mol. The minimum Gasteiger partial charge on any atom is -0.462 e. The Labute approximate surface area is 128 Å². The van der Waals surface area contributed by atoms with Crippen molar-refractivity contribution < 1.29 is 19.1 Å². The molecule has 0 saturated carbocycles. The van der Waals surface area contributed by atoms with Gasteiger partial charge in [0, 0.05) is 4.88 Å². The van der Waals surface area contributed by atoms with Gasteiger partial charge in [0.25, 0.3) is 0 Å². The standard InChI is InChI=1S/C15H21NO4S/c1-3-5-9-20-15(18)16-13-12(14(17)19-4-2)10-7-6-8-11(10)21-13/h3-9H2,1-2H3,(H,16,18). The van der Waals surface area contributed by atoms with Gasteiger partial charge in [-0.1, -0.05) is 13.3 Å². The molecule has 0 bridgehead atoms. The zero-order valence-electron chi connectivity index (χ0n) is 12.5. The summed E-state index contributed by atoms with van der Waals surface area (Å²) in [7, 11) is 0. The minimum absolute atomic E-state index is 0.323. The number of thiophene rings is 1. The van der Waals surface area contributed by atoms with E-state index in [9.17, 15) is 9.59 Å².